The molecule has 7 atom stereocenters. The van der Waals surface area contributed by atoms with Crippen LogP contribution in [0.1, 0.15) is 116 Å². The third-order valence-corrected chi connectivity index (χ3v) is 12.2. The summed E-state index contributed by atoms with van der Waals surface area (Å²) in [6.07, 6.45) is 6.80. The maximum Gasteiger partial charge on any atom is 0.407 e. The van der Waals surface area contributed by atoms with E-state index in [1.54, 1.807) is 38.2 Å². The van der Waals surface area contributed by atoms with Crippen molar-refractivity contribution in [2.24, 2.45) is 17.8 Å². The summed E-state index contributed by atoms with van der Waals surface area (Å²) in [5.41, 5.74) is 1.51. The number of carbonyl (C=O) groups excluding carboxylic acids is 6. The van der Waals surface area contributed by atoms with E-state index in [1.165, 1.54) is 11.8 Å². The molecule has 6 amide bonds. The minimum atomic E-state index is -1.55. The zero-order valence-corrected chi connectivity index (χ0v) is 40.3. The van der Waals surface area contributed by atoms with Crippen molar-refractivity contribution in [3.8, 4) is 0 Å². The third-order valence-electron chi connectivity index (χ3n) is 12.2. The number of aliphatic carboxylic acids is 1. The Hall–Kier alpha value is -5.55. The van der Waals surface area contributed by atoms with Crippen molar-refractivity contribution in [3.05, 3.63) is 71.8 Å². The van der Waals surface area contributed by atoms with Gasteiger partial charge in [0.15, 0.2) is 6.04 Å². The van der Waals surface area contributed by atoms with Gasteiger partial charge < -0.3 is 50.8 Å². The number of nitrogens with one attached hydrogen (secondary N) is 5. The molecule has 17 heteroatoms. The number of amides is 6. The minimum absolute atomic E-state index is 0.0270. The van der Waals surface area contributed by atoms with Crippen LogP contribution in [-0.2, 0) is 56.2 Å². The fraction of sp³-hybridized carbons (Fsp3) is 0.620. The van der Waals surface area contributed by atoms with Gasteiger partial charge in [0.25, 0.3) is 0 Å². The normalized spacial score (nSPS) is 15.9. The molecule has 0 aromatic heterocycles. The van der Waals surface area contributed by atoms with Crippen molar-refractivity contribution in [1.29, 1.82) is 0 Å². The minimum Gasteiger partial charge on any atom is -0.480 e. The first-order chi connectivity index (χ1) is 32.2. The average Bonchev–Trinajstić information content (AvgIpc) is 3.33. The summed E-state index contributed by atoms with van der Waals surface area (Å²) in [4.78, 5) is 95.3. The van der Waals surface area contributed by atoms with E-state index in [0.717, 1.165) is 56.1 Å². The number of carboxylic acid groups (broad SMARTS) is 1. The molecule has 0 spiro atoms. The summed E-state index contributed by atoms with van der Waals surface area (Å²) in [5.74, 6) is -4.85. The molecule has 1 aliphatic rings. The lowest BCUT2D eigenvalue weighted by molar-refractivity contribution is -0.147. The molecule has 0 bridgehead atoms. The lowest BCUT2D eigenvalue weighted by atomic mass is 9.83. The molecule has 1 aliphatic carbocycles. The highest BCUT2D eigenvalue weighted by Crippen LogP contribution is 2.28. The van der Waals surface area contributed by atoms with Crippen molar-refractivity contribution in [3.63, 3.8) is 0 Å². The zero-order valence-electron chi connectivity index (χ0n) is 40.3. The average molecular weight is 937 g/mol. The molecule has 0 heterocycles. The number of carboxylic acids is 1. The fourth-order valence-corrected chi connectivity index (χ4v) is 8.18. The molecule has 0 saturated heterocycles. The molecule has 6 unspecified atom stereocenters. The van der Waals surface area contributed by atoms with E-state index in [2.05, 4.69) is 33.5 Å². The second-order valence-corrected chi connectivity index (χ2v) is 17.9. The van der Waals surface area contributed by atoms with Crippen LogP contribution in [0.3, 0.4) is 0 Å². The number of unbranched alkanes of at least 4 members (excludes halogenated alkanes) is 3. The van der Waals surface area contributed by atoms with Crippen LogP contribution in [0, 0.1) is 17.8 Å². The largest absolute Gasteiger partial charge is 0.480 e. The topological polar surface area (TPSA) is 231 Å². The molecular weight excluding hydrogens is 861 g/mol. The number of carbonyl (C=O) groups is 7. The second kappa shape index (κ2) is 30.7. The Labute approximate surface area is 396 Å². The summed E-state index contributed by atoms with van der Waals surface area (Å²) in [6, 6.07) is 12.9. The van der Waals surface area contributed by atoms with Gasteiger partial charge in [-0.1, -0.05) is 133 Å². The van der Waals surface area contributed by atoms with Crippen molar-refractivity contribution in [1.82, 2.24) is 31.5 Å². The fourth-order valence-electron chi connectivity index (χ4n) is 8.18. The van der Waals surface area contributed by atoms with Crippen molar-refractivity contribution in [2.75, 3.05) is 26.7 Å². The number of hydrogen-bond acceptors (Lipinski definition) is 10. The monoisotopic (exact) mass is 937 g/mol. The summed E-state index contributed by atoms with van der Waals surface area (Å²) in [5, 5.41) is 23.5. The molecule has 1 fully saturated rings. The Bertz CT molecular complexity index is 1810. The first-order valence-electron chi connectivity index (χ1n) is 24.0. The van der Waals surface area contributed by atoms with E-state index < -0.39 is 78.6 Å². The molecular formula is C50H76N6O11. The van der Waals surface area contributed by atoms with Crippen LogP contribution in [0.15, 0.2) is 60.7 Å². The van der Waals surface area contributed by atoms with Crippen LogP contribution in [-0.4, -0.2) is 115 Å². The predicted octanol–water partition coefficient (Wildman–Crippen LogP) is 5.25. The van der Waals surface area contributed by atoms with E-state index in [1.807, 2.05) is 50.2 Å². The molecule has 17 nitrogen and oxygen atoms in total. The van der Waals surface area contributed by atoms with Gasteiger partial charge in [-0.2, -0.15) is 0 Å². The summed E-state index contributed by atoms with van der Waals surface area (Å²) < 4.78 is 17.3. The van der Waals surface area contributed by atoms with Crippen molar-refractivity contribution in [2.45, 2.75) is 155 Å². The summed E-state index contributed by atoms with van der Waals surface area (Å²) in [7, 11) is 1.58. The maximum atomic E-state index is 14.6. The van der Waals surface area contributed by atoms with Crippen LogP contribution in [0.4, 0.5) is 4.79 Å². The maximum absolute atomic E-state index is 14.6. The molecule has 2 aromatic rings. The van der Waals surface area contributed by atoms with E-state index in [4.69, 9.17) is 14.2 Å². The van der Waals surface area contributed by atoms with E-state index in [9.17, 15) is 38.7 Å². The standard InChI is InChI=1S/C50H76N6O11/c1-7-8-9-19-26-42(65-28-27-51-33-57)35(4)48(61)56(6)41(29-34(2)3)46(59)55-44(39-24-17-12-18-25-39)47(60)53-40(30-52-50(64)67-32-38-22-15-11-16-23-38)45(58)54-43(49(62)63)36(5)66-31-37-20-13-10-14-21-37/h10-11,13-16,20-23,33-36,39-44H,7-9,12,17-19,24-32H2,1-6H3,(H,51,57)(H,52,64)(H,53,60)(H,54,58)(H,55,59)(H,62,63)/t35?,36?,40?,41?,42-,43?,44?/m1/s1. The quantitative estimate of drug-likeness (QED) is 0.0423. The molecule has 6 N–H and O–H groups in total. The number of rotatable bonds is 31. The first kappa shape index (κ1) is 55.8. The Morgan fingerprint density at radius 2 is 1.43 bits per heavy atom. The highest BCUT2D eigenvalue weighted by atomic mass is 16.5. The molecule has 3 rings (SSSR count). The summed E-state index contributed by atoms with van der Waals surface area (Å²) >= 11 is 0. The van der Waals surface area contributed by atoms with Crippen LogP contribution < -0.4 is 26.6 Å². The van der Waals surface area contributed by atoms with Gasteiger partial charge >= 0.3 is 12.1 Å². The Morgan fingerprint density at radius 3 is 2.03 bits per heavy atom. The van der Waals surface area contributed by atoms with Gasteiger partial charge in [-0.3, -0.25) is 24.0 Å². The van der Waals surface area contributed by atoms with Gasteiger partial charge in [-0.05, 0) is 55.6 Å². The zero-order chi connectivity index (χ0) is 49.1. The third kappa shape index (κ3) is 20.1. The predicted molar refractivity (Wildman–Crippen MR) is 253 cm³/mol. The van der Waals surface area contributed by atoms with Gasteiger partial charge in [0.05, 0.1) is 37.9 Å². The molecule has 0 radical (unpaired) electrons. The molecule has 0 aliphatic heterocycles. The number of nitrogens with zero attached hydrogens (tertiary/aromatic N) is 1. The second-order valence-electron chi connectivity index (χ2n) is 17.9. The van der Waals surface area contributed by atoms with Gasteiger partial charge in [0.2, 0.25) is 30.0 Å². The molecule has 372 valence electrons. The van der Waals surface area contributed by atoms with Gasteiger partial charge in [-0.15, -0.1) is 0 Å². The van der Waals surface area contributed by atoms with Gasteiger partial charge in [0.1, 0.15) is 24.7 Å². The highest BCUT2D eigenvalue weighted by molar-refractivity contribution is 5.95. The van der Waals surface area contributed by atoms with Gasteiger partial charge in [-0.25, -0.2) is 9.59 Å². The van der Waals surface area contributed by atoms with E-state index in [-0.39, 0.29) is 50.5 Å². The number of benzene rings is 2. The lowest BCUT2D eigenvalue weighted by Crippen LogP contribution is -2.62. The van der Waals surface area contributed by atoms with Crippen molar-refractivity contribution < 1.29 is 52.9 Å². The van der Waals surface area contributed by atoms with E-state index >= 15 is 0 Å². The number of alkyl carbamates (subject to hydrolysis) is 1. The Balaban J connectivity index is 1.88. The van der Waals surface area contributed by atoms with E-state index in [0.29, 0.717) is 25.7 Å². The van der Waals surface area contributed by atoms with Gasteiger partial charge in [0, 0.05) is 13.6 Å². The van der Waals surface area contributed by atoms with Crippen LogP contribution in [0.2, 0.25) is 0 Å². The molecule has 67 heavy (non-hydrogen) atoms. The van der Waals surface area contributed by atoms with Crippen LogP contribution in [0.5, 0.6) is 0 Å². The molecule has 1 saturated carbocycles. The smallest absolute Gasteiger partial charge is 0.407 e. The Morgan fingerprint density at radius 1 is 0.791 bits per heavy atom. The molecule has 2 aromatic carbocycles. The SMILES string of the molecule is CCCCCC[C@@H](OCCNC=O)C(C)C(=O)N(C)C(CC(C)C)C(=O)NC(C(=O)NC(CNC(=O)OCc1ccccc1)C(=O)NC(C(=O)O)C(C)OCc1ccccc1)C1CCCCC1. The number of ether oxygens (including phenoxy) is 3. The van der Waals surface area contributed by atoms with Crippen LogP contribution in [0.25, 0.3) is 0 Å². The first-order valence-corrected chi connectivity index (χ1v) is 24.0. The lowest BCUT2D eigenvalue weighted by Gasteiger charge is -2.36. The van der Waals surface area contributed by atoms with Crippen molar-refractivity contribution >= 4 is 42.1 Å². The number of hydrogen-bond donors (Lipinski definition) is 6. The Kier molecular flexibility index (Phi) is 25.5. The number of likely N-dealkylation sites (N-methyl/N-ethyl adjacent to an activating group) is 1. The van der Waals surface area contributed by atoms with Crippen LogP contribution >= 0.6 is 0 Å². The highest BCUT2D eigenvalue weighted by Gasteiger charge is 2.39. The summed E-state index contributed by atoms with van der Waals surface area (Å²) in [6.45, 7) is 9.30.